The lowest BCUT2D eigenvalue weighted by Crippen LogP contribution is -2.54. The highest BCUT2D eigenvalue weighted by atomic mass is 32.2. The second kappa shape index (κ2) is 10.3. The van der Waals surface area contributed by atoms with Gasteiger partial charge >= 0.3 is 0 Å². The number of aliphatic hydroxyl groups is 1. The fourth-order valence-corrected chi connectivity index (χ4v) is 5.50. The summed E-state index contributed by atoms with van der Waals surface area (Å²) >= 11 is 0. The number of amides is 1. The van der Waals surface area contributed by atoms with Crippen LogP contribution in [0.3, 0.4) is 0 Å². The molecule has 0 bridgehead atoms. The summed E-state index contributed by atoms with van der Waals surface area (Å²) in [5, 5.41) is 19.3. The zero-order valence-corrected chi connectivity index (χ0v) is 18.7. The second-order valence-corrected chi connectivity index (χ2v) is 9.70. The Hall–Kier alpha value is -2.99. The zero-order valence-electron chi connectivity index (χ0n) is 17.9. The number of nitrogens with one attached hydrogen (secondary N) is 1. The summed E-state index contributed by atoms with van der Waals surface area (Å²) in [5.41, 5.74) is 1.75. The van der Waals surface area contributed by atoms with E-state index in [2.05, 4.69) is 0 Å². The number of benzene rings is 2. The van der Waals surface area contributed by atoms with E-state index in [4.69, 9.17) is 19.4 Å². The maximum absolute atomic E-state index is 13.2. The molecule has 33 heavy (non-hydrogen) atoms. The number of sulfone groups is 1. The van der Waals surface area contributed by atoms with Gasteiger partial charge in [0.2, 0.25) is 0 Å². The molecule has 1 atom stereocenters. The lowest BCUT2D eigenvalue weighted by Gasteiger charge is -2.34. The summed E-state index contributed by atoms with van der Waals surface area (Å²) in [6.07, 6.45) is -1.63. The normalized spacial score (nSPS) is 16.5. The summed E-state index contributed by atoms with van der Waals surface area (Å²) in [7, 11) is -2.66. The van der Waals surface area contributed by atoms with Crippen LogP contribution in [0, 0.1) is 0 Å². The van der Waals surface area contributed by atoms with Gasteiger partial charge in [0.1, 0.15) is 18.1 Å². The second-order valence-electron chi connectivity index (χ2n) is 7.44. The van der Waals surface area contributed by atoms with Gasteiger partial charge in [0.15, 0.2) is 26.5 Å². The van der Waals surface area contributed by atoms with Crippen molar-refractivity contribution in [2.24, 2.45) is 0 Å². The molecule has 0 spiro atoms. The minimum atomic E-state index is -4.16. The van der Waals surface area contributed by atoms with Crippen LogP contribution < -0.4 is 15.0 Å². The first-order valence-corrected chi connectivity index (χ1v) is 11.6. The van der Waals surface area contributed by atoms with Crippen molar-refractivity contribution in [1.29, 1.82) is 0 Å². The van der Waals surface area contributed by atoms with Crippen molar-refractivity contribution < 1.29 is 42.5 Å². The first kappa shape index (κ1) is 24.6. The van der Waals surface area contributed by atoms with Gasteiger partial charge in [0.05, 0.1) is 12.0 Å². The Morgan fingerprint density at radius 2 is 1.64 bits per heavy atom. The number of hydrogen-bond donors (Lipinski definition) is 3. The lowest BCUT2D eigenvalue weighted by atomic mass is 9.98. The fraction of sp³-hybridized carbons (Fsp3) is 0.364. The number of Topliss-reactive ketones (excluding diaryl/α,β-unsaturated/α-hetero) is 1. The van der Waals surface area contributed by atoms with Crippen LogP contribution in [0.2, 0.25) is 0 Å². The molecule has 1 aliphatic heterocycles. The van der Waals surface area contributed by atoms with Crippen molar-refractivity contribution in [2.45, 2.75) is 28.6 Å². The predicted molar refractivity (Wildman–Crippen MR) is 115 cm³/mol. The Morgan fingerprint density at radius 1 is 1.06 bits per heavy atom. The van der Waals surface area contributed by atoms with Crippen LogP contribution in [-0.4, -0.2) is 68.2 Å². The van der Waals surface area contributed by atoms with E-state index in [9.17, 15) is 23.1 Å². The van der Waals surface area contributed by atoms with Gasteiger partial charge < -0.3 is 19.3 Å². The molecule has 1 saturated heterocycles. The summed E-state index contributed by atoms with van der Waals surface area (Å²) in [6, 6.07) is 11.5. The third kappa shape index (κ3) is 5.01. The van der Waals surface area contributed by atoms with E-state index in [1.54, 1.807) is 12.1 Å². The number of rotatable bonds is 9. The van der Waals surface area contributed by atoms with E-state index < -0.39 is 32.4 Å². The fourth-order valence-electron chi connectivity index (χ4n) is 3.56. The van der Waals surface area contributed by atoms with E-state index >= 15 is 0 Å². The van der Waals surface area contributed by atoms with Crippen LogP contribution in [-0.2, 0) is 19.4 Å². The van der Waals surface area contributed by atoms with Gasteiger partial charge in [0.25, 0.3) is 5.91 Å². The average Bonchev–Trinajstić information content (AvgIpc) is 2.86. The Labute approximate surface area is 191 Å². The number of hydroxylamine groups is 1. The number of carbonyl (C=O) groups is 2. The number of aliphatic hydroxyl groups excluding tert-OH is 1. The quantitative estimate of drug-likeness (QED) is 0.273. The highest BCUT2D eigenvalue weighted by molar-refractivity contribution is 7.93. The zero-order chi connectivity index (χ0) is 24.1. The van der Waals surface area contributed by atoms with E-state index in [1.165, 1.54) is 49.0 Å². The topological polar surface area (TPSA) is 148 Å². The molecular weight excluding hydrogens is 454 g/mol. The van der Waals surface area contributed by atoms with E-state index in [0.717, 1.165) is 0 Å². The molecule has 0 saturated carbocycles. The number of ketones is 1. The van der Waals surface area contributed by atoms with Crippen molar-refractivity contribution in [3.63, 3.8) is 0 Å². The van der Waals surface area contributed by atoms with Crippen molar-refractivity contribution in [3.05, 3.63) is 54.1 Å². The smallest absolute Gasteiger partial charge is 0.265 e. The van der Waals surface area contributed by atoms with Crippen LogP contribution in [0.4, 0.5) is 0 Å². The van der Waals surface area contributed by atoms with Gasteiger partial charge in [0, 0.05) is 18.8 Å². The van der Waals surface area contributed by atoms with Gasteiger partial charge in [-0.2, -0.15) is 0 Å². The first-order valence-electron chi connectivity index (χ1n) is 10.1. The Bertz CT molecular complexity index is 1080. The minimum absolute atomic E-state index is 0.0634. The van der Waals surface area contributed by atoms with E-state index in [1.807, 2.05) is 0 Å². The highest BCUT2D eigenvalue weighted by Crippen LogP contribution is 2.35. The maximum Gasteiger partial charge on any atom is 0.265 e. The molecule has 0 radical (unpaired) electrons. The largest absolute Gasteiger partial charge is 0.497 e. The molecule has 3 N–H and O–H groups in total. The highest BCUT2D eigenvalue weighted by Gasteiger charge is 2.52. The van der Waals surface area contributed by atoms with Gasteiger partial charge in [-0.1, -0.05) is 0 Å². The SMILES string of the molecule is COc1ccc(C(=O)[C@H](O)COc2ccc(S(=O)(=O)C3(C(=O)NO)CCOCC3)cc2)cc1. The molecule has 2 aromatic carbocycles. The van der Waals surface area contributed by atoms with Crippen LogP contribution in [0.1, 0.15) is 23.2 Å². The Kier molecular flexibility index (Phi) is 7.69. The molecule has 0 aliphatic carbocycles. The van der Waals surface area contributed by atoms with Crippen LogP contribution in [0.25, 0.3) is 0 Å². The molecule has 11 heteroatoms. The molecule has 1 fully saturated rings. The van der Waals surface area contributed by atoms with Crippen molar-refractivity contribution in [3.8, 4) is 11.5 Å². The molecule has 1 aliphatic rings. The Morgan fingerprint density at radius 3 is 2.18 bits per heavy atom. The molecule has 3 rings (SSSR count). The van der Waals surface area contributed by atoms with Crippen LogP contribution >= 0.6 is 0 Å². The number of ether oxygens (including phenoxy) is 3. The maximum atomic E-state index is 13.2. The number of methoxy groups -OCH3 is 1. The van der Waals surface area contributed by atoms with Gasteiger partial charge in [-0.25, -0.2) is 13.9 Å². The van der Waals surface area contributed by atoms with Gasteiger partial charge in [-0.05, 0) is 61.4 Å². The number of hydrogen-bond acceptors (Lipinski definition) is 9. The van der Waals surface area contributed by atoms with Crippen molar-refractivity contribution in [2.75, 3.05) is 26.9 Å². The molecule has 178 valence electrons. The third-order valence-corrected chi connectivity index (χ3v) is 8.06. The molecule has 10 nitrogen and oxygen atoms in total. The standard InChI is InChI=1S/C22H25NO9S/c1-30-16-4-2-15(3-5-16)20(25)19(24)14-32-17-6-8-18(9-7-17)33(28,29)22(21(26)23-27)10-12-31-13-11-22/h2-9,19,24,27H,10-14H2,1H3,(H,23,26)/t19-/m1/s1. The van der Waals surface area contributed by atoms with Gasteiger partial charge in [-0.3, -0.25) is 14.8 Å². The van der Waals surface area contributed by atoms with E-state index in [0.29, 0.717) is 5.75 Å². The first-order chi connectivity index (χ1) is 15.7. The van der Waals surface area contributed by atoms with Crippen LogP contribution in [0.5, 0.6) is 11.5 Å². The molecule has 2 aromatic rings. The minimum Gasteiger partial charge on any atom is -0.497 e. The summed E-state index contributed by atoms with van der Waals surface area (Å²) < 4.78 is 40.2. The third-order valence-electron chi connectivity index (χ3n) is 5.55. The van der Waals surface area contributed by atoms with Crippen LogP contribution in [0.15, 0.2) is 53.4 Å². The van der Waals surface area contributed by atoms with Gasteiger partial charge in [-0.15, -0.1) is 0 Å². The predicted octanol–water partition coefficient (Wildman–Crippen LogP) is 1.15. The molecule has 0 unspecified atom stereocenters. The van der Waals surface area contributed by atoms with Crippen molar-refractivity contribution in [1.82, 2.24) is 5.48 Å². The Balaban J connectivity index is 1.69. The molecule has 1 heterocycles. The summed E-state index contributed by atoms with van der Waals surface area (Å²) in [4.78, 5) is 24.5. The number of carbonyl (C=O) groups excluding carboxylic acids is 2. The monoisotopic (exact) mass is 479 g/mol. The lowest BCUT2D eigenvalue weighted by molar-refractivity contribution is -0.134. The molecular formula is C22H25NO9S. The molecule has 0 aromatic heterocycles. The summed E-state index contributed by atoms with van der Waals surface area (Å²) in [5.74, 6) is -0.742. The van der Waals surface area contributed by atoms with E-state index in [-0.39, 0.29) is 48.9 Å². The summed E-state index contributed by atoms with van der Waals surface area (Å²) in [6.45, 7) is -0.215. The average molecular weight is 480 g/mol. The van der Waals surface area contributed by atoms with Crippen molar-refractivity contribution >= 4 is 21.5 Å². The molecule has 1 amide bonds.